The Labute approximate surface area is 112 Å². The Morgan fingerprint density at radius 2 is 2.20 bits per heavy atom. The van der Waals surface area contributed by atoms with E-state index >= 15 is 0 Å². The summed E-state index contributed by atoms with van der Waals surface area (Å²) in [6.45, 7) is 1.68. The minimum atomic E-state index is -3.19. The summed E-state index contributed by atoms with van der Waals surface area (Å²) >= 11 is 0. The van der Waals surface area contributed by atoms with E-state index in [9.17, 15) is 23.7 Å². The number of ether oxygens (including phenoxy) is 1. The number of halogens is 2. The van der Waals surface area contributed by atoms with Gasteiger partial charge in [-0.25, -0.2) is 8.78 Å². The van der Waals surface area contributed by atoms with Crippen molar-refractivity contribution in [3.05, 3.63) is 38.9 Å². The van der Waals surface area contributed by atoms with Crippen LogP contribution in [-0.4, -0.2) is 17.5 Å². The second-order valence-electron chi connectivity index (χ2n) is 3.68. The first-order valence-corrected chi connectivity index (χ1v) is 5.56. The second kappa shape index (κ2) is 6.56. The highest BCUT2D eigenvalue weighted by Crippen LogP contribution is 2.33. The van der Waals surface area contributed by atoms with Crippen molar-refractivity contribution in [3.8, 4) is 6.07 Å². The molecule has 0 radical (unpaired) electrons. The number of alkyl halides is 2. The van der Waals surface area contributed by atoms with Gasteiger partial charge in [-0.2, -0.15) is 5.26 Å². The molecule has 1 aromatic rings. The normalized spacial score (nSPS) is 10.2. The molecule has 0 spiro atoms. The predicted molar refractivity (Wildman–Crippen MR) is 63.1 cm³/mol. The largest absolute Gasteiger partial charge is 0.466 e. The average Bonchev–Trinajstić information content (AvgIpc) is 2.37. The summed E-state index contributed by atoms with van der Waals surface area (Å²) in [6.07, 6.45) is -3.58. The van der Waals surface area contributed by atoms with E-state index in [0.29, 0.717) is 0 Å². The first-order valence-electron chi connectivity index (χ1n) is 5.56. The molecule has 0 aliphatic rings. The number of benzene rings is 1. The zero-order valence-electron chi connectivity index (χ0n) is 10.4. The minimum absolute atomic E-state index is 0.0214. The Balaban J connectivity index is 3.35. The lowest BCUT2D eigenvalue weighted by Crippen LogP contribution is -2.10. The molecule has 0 aromatic heterocycles. The van der Waals surface area contributed by atoms with Crippen LogP contribution in [0.25, 0.3) is 0 Å². The van der Waals surface area contributed by atoms with Crippen LogP contribution in [0, 0.1) is 21.4 Å². The molecule has 0 bridgehead atoms. The molecule has 0 amide bonds. The van der Waals surface area contributed by atoms with Gasteiger partial charge in [0.05, 0.1) is 23.5 Å². The average molecular weight is 284 g/mol. The molecule has 1 rings (SSSR count). The fourth-order valence-corrected chi connectivity index (χ4v) is 1.68. The van der Waals surface area contributed by atoms with Crippen LogP contribution in [0.4, 0.5) is 14.5 Å². The van der Waals surface area contributed by atoms with Crippen molar-refractivity contribution in [3.63, 3.8) is 0 Å². The van der Waals surface area contributed by atoms with E-state index in [-0.39, 0.29) is 12.2 Å². The first kappa shape index (κ1) is 15.5. The number of rotatable bonds is 5. The fourth-order valence-electron chi connectivity index (χ4n) is 1.68. The minimum Gasteiger partial charge on any atom is -0.466 e. The van der Waals surface area contributed by atoms with Crippen molar-refractivity contribution in [2.75, 3.05) is 6.61 Å². The highest BCUT2D eigenvalue weighted by atomic mass is 19.3. The van der Waals surface area contributed by atoms with Gasteiger partial charge in [-0.05, 0) is 12.5 Å². The van der Waals surface area contributed by atoms with Gasteiger partial charge in [-0.3, -0.25) is 14.9 Å². The van der Waals surface area contributed by atoms with Crippen molar-refractivity contribution >= 4 is 11.7 Å². The molecule has 1 aromatic carbocycles. The van der Waals surface area contributed by atoms with Gasteiger partial charge < -0.3 is 4.74 Å². The van der Waals surface area contributed by atoms with E-state index in [2.05, 4.69) is 4.74 Å². The maximum atomic E-state index is 12.9. The Morgan fingerprint density at radius 1 is 1.55 bits per heavy atom. The molecule has 106 valence electrons. The van der Waals surface area contributed by atoms with Crippen LogP contribution in [-0.2, 0) is 16.0 Å². The summed E-state index contributed by atoms with van der Waals surface area (Å²) in [5.41, 5.74) is -2.39. The van der Waals surface area contributed by atoms with E-state index in [1.165, 1.54) is 6.07 Å². The molecule has 0 aliphatic heterocycles. The lowest BCUT2D eigenvalue weighted by molar-refractivity contribution is -0.386. The predicted octanol–water partition coefficient (Wildman–Crippen LogP) is 2.51. The molecule has 20 heavy (non-hydrogen) atoms. The van der Waals surface area contributed by atoms with Gasteiger partial charge >= 0.3 is 5.97 Å². The number of nitrogens with zero attached hydrogens (tertiary/aromatic N) is 2. The van der Waals surface area contributed by atoms with E-state index in [1.54, 1.807) is 6.92 Å². The van der Waals surface area contributed by atoms with Crippen molar-refractivity contribution in [1.29, 1.82) is 5.26 Å². The molecule has 0 unspecified atom stereocenters. The van der Waals surface area contributed by atoms with Crippen LogP contribution in [0.1, 0.15) is 30.0 Å². The Kier molecular flexibility index (Phi) is 5.08. The fraction of sp³-hybridized carbons (Fsp3) is 0.333. The Bertz CT molecular complexity index is 582. The number of hydrogen-bond donors (Lipinski definition) is 0. The van der Waals surface area contributed by atoms with Crippen LogP contribution in [0.15, 0.2) is 12.1 Å². The van der Waals surface area contributed by atoms with E-state index in [0.717, 1.165) is 12.1 Å². The molecule has 0 heterocycles. The Morgan fingerprint density at radius 3 is 2.65 bits per heavy atom. The molecule has 0 N–H and O–H groups in total. The van der Waals surface area contributed by atoms with Gasteiger partial charge in [0.2, 0.25) is 0 Å². The molecule has 0 fully saturated rings. The molecular weight excluding hydrogens is 274 g/mol. The van der Waals surface area contributed by atoms with Crippen molar-refractivity contribution in [2.45, 2.75) is 19.8 Å². The first-order chi connectivity index (χ1) is 9.42. The van der Waals surface area contributed by atoms with Crippen LogP contribution >= 0.6 is 0 Å². The summed E-state index contributed by atoms with van der Waals surface area (Å²) in [5, 5.41) is 19.6. The lowest BCUT2D eigenvalue weighted by atomic mass is 9.98. The van der Waals surface area contributed by atoms with Crippen LogP contribution in [0.2, 0.25) is 0 Å². The van der Waals surface area contributed by atoms with Gasteiger partial charge in [0.25, 0.3) is 12.1 Å². The summed E-state index contributed by atoms with van der Waals surface area (Å²) in [4.78, 5) is 21.0. The molecule has 8 heteroatoms. The Hall–Kier alpha value is -2.56. The third kappa shape index (κ3) is 3.26. The monoisotopic (exact) mass is 284 g/mol. The highest BCUT2D eigenvalue weighted by molar-refractivity contribution is 5.74. The van der Waals surface area contributed by atoms with Crippen LogP contribution in [0.5, 0.6) is 0 Å². The number of hydrogen-bond acceptors (Lipinski definition) is 5. The third-order valence-corrected chi connectivity index (χ3v) is 2.48. The van der Waals surface area contributed by atoms with Gasteiger partial charge in [-0.15, -0.1) is 0 Å². The molecular formula is C12H10F2N2O4. The smallest absolute Gasteiger partial charge is 0.310 e. The SMILES string of the molecule is CCOC(=O)Cc1ccc([N+](=O)[O-])c(C(F)F)c1C#N. The highest BCUT2D eigenvalue weighted by Gasteiger charge is 2.28. The number of nitriles is 1. The number of esters is 1. The standard InChI is InChI=1S/C12H10F2N2O4/c1-2-20-10(17)5-7-3-4-9(16(18)19)11(12(13)14)8(7)6-15/h3-4,12H,2,5H2,1H3. The van der Waals surface area contributed by atoms with E-state index < -0.39 is 40.6 Å². The number of nitro benzene ring substituents is 1. The van der Waals surface area contributed by atoms with E-state index in [4.69, 9.17) is 5.26 Å². The topological polar surface area (TPSA) is 93.2 Å². The van der Waals surface area contributed by atoms with Crippen molar-refractivity contribution in [2.24, 2.45) is 0 Å². The number of carbonyl (C=O) groups is 1. The zero-order valence-corrected chi connectivity index (χ0v) is 10.4. The third-order valence-electron chi connectivity index (χ3n) is 2.48. The van der Waals surface area contributed by atoms with Gasteiger partial charge in [-0.1, -0.05) is 6.07 Å². The van der Waals surface area contributed by atoms with Gasteiger partial charge in [0.1, 0.15) is 11.6 Å². The molecule has 6 nitrogen and oxygen atoms in total. The quantitative estimate of drug-likeness (QED) is 0.470. The molecule has 0 saturated heterocycles. The maximum absolute atomic E-state index is 12.9. The summed E-state index contributed by atoms with van der Waals surface area (Å²) in [7, 11) is 0. The van der Waals surface area contributed by atoms with Gasteiger partial charge in [0.15, 0.2) is 0 Å². The van der Waals surface area contributed by atoms with Crippen LogP contribution in [0.3, 0.4) is 0 Å². The molecule has 0 aliphatic carbocycles. The summed E-state index contributed by atoms with van der Waals surface area (Å²) < 4.78 is 30.5. The van der Waals surface area contributed by atoms with Gasteiger partial charge in [0, 0.05) is 6.07 Å². The van der Waals surface area contributed by atoms with Crippen molar-refractivity contribution < 1.29 is 23.2 Å². The number of carbonyl (C=O) groups excluding carboxylic acids is 1. The van der Waals surface area contributed by atoms with Crippen molar-refractivity contribution in [1.82, 2.24) is 0 Å². The van der Waals surface area contributed by atoms with Crippen LogP contribution < -0.4 is 0 Å². The zero-order chi connectivity index (χ0) is 15.3. The second-order valence-corrected chi connectivity index (χ2v) is 3.68. The van der Waals surface area contributed by atoms with E-state index in [1.807, 2.05) is 0 Å². The summed E-state index contributed by atoms with van der Waals surface area (Å²) in [6, 6.07) is 3.46. The lowest BCUT2D eigenvalue weighted by Gasteiger charge is -2.09. The molecule has 0 atom stereocenters. The summed E-state index contributed by atoms with van der Waals surface area (Å²) in [5.74, 6) is -0.696. The number of nitro groups is 1. The maximum Gasteiger partial charge on any atom is 0.310 e. The molecule has 0 saturated carbocycles.